The number of halogens is 12. The third-order valence-corrected chi connectivity index (χ3v) is 3.83. The Balaban J connectivity index is 3.32. The molecule has 1 aromatic rings. The molecular weight excluding hydrogens is 436 g/mol. The number of aromatic nitrogens is 1. The molecule has 1 aromatic heterocycles. The Hall–Kier alpha value is -1.74. The maximum atomic E-state index is 13.5. The Morgan fingerprint density at radius 3 is 1.81 bits per heavy atom. The van der Waals surface area contributed by atoms with Gasteiger partial charge in [-0.25, -0.2) is 13.8 Å². The van der Waals surface area contributed by atoms with Crippen LogP contribution in [0.5, 0.6) is 0 Å². The highest BCUT2D eigenvalue weighted by Crippen LogP contribution is 2.58. The lowest BCUT2D eigenvalue weighted by atomic mass is 9.94. The maximum absolute atomic E-state index is 13.5. The summed E-state index contributed by atoms with van der Waals surface area (Å²) in [6.45, 7) is 1.29. The molecule has 0 atom stereocenters. The van der Waals surface area contributed by atoms with Gasteiger partial charge in [0.25, 0.3) is 0 Å². The normalized spacial score (nSPS) is 14.6. The predicted molar refractivity (Wildman–Crippen MR) is 66.2 cm³/mol. The van der Waals surface area contributed by atoms with E-state index in [0.29, 0.717) is 11.3 Å². The van der Waals surface area contributed by atoms with Crippen LogP contribution in [0, 0.1) is 6.92 Å². The van der Waals surface area contributed by atoms with Crippen molar-refractivity contribution in [2.24, 2.45) is 0 Å². The molecule has 0 aliphatic heterocycles. The SMILES string of the molecule is Cc1cnc(NC(=O)C(F)(F)C(F)(F)C(F)(F)C(F)(F)C(F)(F)C(F)F)s1. The van der Waals surface area contributed by atoms with Crippen molar-refractivity contribution in [2.75, 3.05) is 5.32 Å². The molecule has 0 radical (unpaired) electrons. The number of hydrogen-bond acceptors (Lipinski definition) is 3. The minimum absolute atomic E-state index is 0.216. The van der Waals surface area contributed by atoms with Crippen LogP contribution in [0.1, 0.15) is 4.88 Å². The third-order valence-electron chi connectivity index (χ3n) is 3.00. The van der Waals surface area contributed by atoms with Crippen LogP contribution < -0.4 is 5.32 Å². The molecule has 0 aliphatic rings. The van der Waals surface area contributed by atoms with E-state index in [4.69, 9.17) is 0 Å². The Morgan fingerprint density at radius 2 is 1.44 bits per heavy atom. The van der Waals surface area contributed by atoms with Crippen molar-refractivity contribution in [1.29, 1.82) is 0 Å². The van der Waals surface area contributed by atoms with Gasteiger partial charge in [-0.2, -0.15) is 43.9 Å². The Labute approximate surface area is 145 Å². The molecule has 0 spiro atoms. The third kappa shape index (κ3) is 3.42. The van der Waals surface area contributed by atoms with E-state index in [0.717, 1.165) is 11.5 Å². The largest absolute Gasteiger partial charge is 0.393 e. The van der Waals surface area contributed by atoms with Gasteiger partial charge in [0.1, 0.15) is 0 Å². The van der Waals surface area contributed by atoms with Gasteiger partial charge in [-0.3, -0.25) is 10.1 Å². The van der Waals surface area contributed by atoms with Gasteiger partial charge in [0.15, 0.2) is 5.13 Å². The van der Waals surface area contributed by atoms with Gasteiger partial charge in [-0.1, -0.05) is 0 Å². The quantitative estimate of drug-likeness (QED) is 0.615. The number of hydrogen-bond donors (Lipinski definition) is 1. The smallest absolute Gasteiger partial charge is 0.296 e. The number of nitrogens with zero attached hydrogens (tertiary/aromatic N) is 1. The Kier molecular flexibility index (Phi) is 5.78. The summed E-state index contributed by atoms with van der Waals surface area (Å²) in [5.74, 6) is -40.0. The fourth-order valence-corrected chi connectivity index (χ4v) is 2.13. The van der Waals surface area contributed by atoms with Gasteiger partial charge < -0.3 is 0 Å². The highest BCUT2D eigenvalue weighted by molar-refractivity contribution is 7.15. The number of aryl methyl sites for hydroxylation is 1. The number of rotatable bonds is 7. The van der Waals surface area contributed by atoms with Crippen LogP contribution in [0.25, 0.3) is 0 Å². The second-order valence-corrected chi connectivity index (χ2v) is 6.19. The molecule has 1 amide bonds. The van der Waals surface area contributed by atoms with Crippen LogP contribution in [-0.4, -0.2) is 46.9 Å². The van der Waals surface area contributed by atoms with Gasteiger partial charge >= 0.3 is 41.9 Å². The van der Waals surface area contributed by atoms with Gasteiger partial charge in [0.05, 0.1) is 0 Å². The molecule has 16 heteroatoms. The molecule has 0 saturated heterocycles. The zero-order chi connectivity index (χ0) is 21.6. The molecule has 1 N–H and O–H groups in total. The minimum atomic E-state index is -7.75. The fraction of sp³-hybridized carbons (Fsp3) is 0.636. The first-order chi connectivity index (χ1) is 11.8. The molecule has 0 aromatic carbocycles. The molecule has 0 unspecified atom stereocenters. The van der Waals surface area contributed by atoms with Crippen molar-refractivity contribution in [1.82, 2.24) is 4.98 Å². The summed E-state index contributed by atoms with van der Waals surface area (Å²) in [5, 5.41) is 0.0863. The average Bonchev–Trinajstić information content (AvgIpc) is 2.91. The second kappa shape index (κ2) is 6.70. The minimum Gasteiger partial charge on any atom is -0.296 e. The van der Waals surface area contributed by atoms with Crippen molar-refractivity contribution in [2.45, 2.75) is 43.0 Å². The van der Waals surface area contributed by atoms with Crippen LogP contribution in [-0.2, 0) is 4.79 Å². The van der Waals surface area contributed by atoms with Gasteiger partial charge in [0, 0.05) is 11.1 Å². The number of thiazole rings is 1. The number of alkyl halides is 12. The summed E-state index contributed by atoms with van der Waals surface area (Å²) in [5.41, 5.74) is 0. The van der Waals surface area contributed by atoms with Crippen LogP contribution in [0.3, 0.4) is 0 Å². The van der Waals surface area contributed by atoms with Crippen molar-refractivity contribution < 1.29 is 57.5 Å². The average molecular weight is 442 g/mol. The van der Waals surface area contributed by atoms with Gasteiger partial charge in [0.2, 0.25) is 0 Å². The molecule has 0 aliphatic carbocycles. The molecule has 0 saturated carbocycles. The highest BCUT2D eigenvalue weighted by Gasteiger charge is 2.89. The van der Waals surface area contributed by atoms with E-state index in [1.165, 1.54) is 6.92 Å². The topological polar surface area (TPSA) is 42.0 Å². The highest BCUT2D eigenvalue weighted by atomic mass is 32.1. The first-order valence-electron chi connectivity index (χ1n) is 6.25. The zero-order valence-corrected chi connectivity index (χ0v) is 13.3. The Morgan fingerprint density at radius 1 is 0.963 bits per heavy atom. The maximum Gasteiger partial charge on any atom is 0.393 e. The van der Waals surface area contributed by atoms with Crippen LogP contribution >= 0.6 is 11.3 Å². The molecule has 1 rings (SSSR count). The molecule has 1 heterocycles. The van der Waals surface area contributed by atoms with Gasteiger partial charge in [-0.15, -0.1) is 11.3 Å². The molecule has 27 heavy (non-hydrogen) atoms. The summed E-state index contributed by atoms with van der Waals surface area (Å²) < 4.78 is 155. The molecule has 156 valence electrons. The molecule has 3 nitrogen and oxygen atoms in total. The molecular formula is C11H6F12N2OS. The van der Waals surface area contributed by atoms with E-state index in [2.05, 4.69) is 4.98 Å². The van der Waals surface area contributed by atoms with E-state index < -0.39 is 47.1 Å². The number of carbonyl (C=O) groups excluding carboxylic acids is 1. The van der Waals surface area contributed by atoms with E-state index in [1.807, 2.05) is 0 Å². The fourth-order valence-electron chi connectivity index (χ4n) is 1.47. The van der Waals surface area contributed by atoms with E-state index >= 15 is 0 Å². The molecule has 0 fully saturated rings. The summed E-state index contributed by atoms with van der Waals surface area (Å²) >= 11 is 0.388. The summed E-state index contributed by atoms with van der Waals surface area (Å²) in [7, 11) is 0. The summed E-state index contributed by atoms with van der Waals surface area (Å²) in [6, 6.07) is 0. The second-order valence-electron chi connectivity index (χ2n) is 4.95. The number of anilines is 1. The number of amides is 1. The van der Waals surface area contributed by atoms with Gasteiger partial charge in [-0.05, 0) is 6.92 Å². The standard InChI is InChI=1S/C11H6F12N2OS/c1-3-2-24-6(27-3)25-5(26)8(16,17)10(20,21)11(22,23)9(18,19)7(14,15)4(12)13/h2,4H,1H3,(H,24,25,26). The summed E-state index contributed by atoms with van der Waals surface area (Å²) in [6.07, 6.45) is -4.68. The lowest BCUT2D eigenvalue weighted by molar-refractivity contribution is -0.406. The lowest BCUT2D eigenvalue weighted by Gasteiger charge is -2.38. The van der Waals surface area contributed by atoms with E-state index in [9.17, 15) is 57.5 Å². The first kappa shape index (κ1) is 23.3. The van der Waals surface area contributed by atoms with Crippen LogP contribution in [0.2, 0.25) is 0 Å². The number of carbonyl (C=O) groups is 1. The number of nitrogens with one attached hydrogen (secondary N) is 1. The Bertz CT molecular complexity index is 701. The van der Waals surface area contributed by atoms with Crippen LogP contribution in [0.15, 0.2) is 6.20 Å². The monoisotopic (exact) mass is 442 g/mol. The van der Waals surface area contributed by atoms with Crippen molar-refractivity contribution in [3.05, 3.63) is 11.1 Å². The van der Waals surface area contributed by atoms with Crippen molar-refractivity contribution in [3.63, 3.8) is 0 Å². The lowest BCUT2D eigenvalue weighted by Crippen LogP contribution is -2.70. The zero-order valence-electron chi connectivity index (χ0n) is 12.5. The molecule has 0 bridgehead atoms. The van der Waals surface area contributed by atoms with Crippen molar-refractivity contribution >= 4 is 22.4 Å². The summed E-state index contributed by atoms with van der Waals surface area (Å²) in [4.78, 5) is 14.6. The first-order valence-corrected chi connectivity index (χ1v) is 7.06. The van der Waals surface area contributed by atoms with Crippen LogP contribution in [0.4, 0.5) is 57.8 Å². The van der Waals surface area contributed by atoms with Crippen molar-refractivity contribution in [3.8, 4) is 0 Å². The van der Waals surface area contributed by atoms with E-state index in [1.54, 1.807) is 0 Å². The predicted octanol–water partition coefficient (Wildman–Crippen LogP) is 4.83. The van der Waals surface area contributed by atoms with E-state index in [-0.39, 0.29) is 4.88 Å².